The van der Waals surface area contributed by atoms with Gasteiger partial charge in [-0.05, 0) is 0 Å². The number of phosphoric acid groups is 2. The minimum atomic E-state index is -4.89. The summed E-state index contributed by atoms with van der Waals surface area (Å²) in [5.41, 5.74) is 0. The molecule has 0 fully saturated rings. The molecule has 0 aromatic rings. The zero-order chi connectivity index (χ0) is 9.00. The Balaban J connectivity index is -0.0000000267. The molecule has 0 rings (SSSR count). The third-order valence-electron chi connectivity index (χ3n) is 0. The zero-order valence-corrected chi connectivity index (χ0v) is 15.1. The van der Waals surface area contributed by atoms with Crippen molar-refractivity contribution in [1.29, 1.82) is 0 Å². The summed E-state index contributed by atoms with van der Waals surface area (Å²) < 4.78 is 17.5. The van der Waals surface area contributed by atoms with Crippen LogP contribution in [-0.2, 0) is 9.13 Å². The Morgan fingerprint density at radius 2 is 0.769 bits per heavy atom. The molecular formula is H7K2NO8P2. The maximum Gasteiger partial charge on any atom is 1.00 e. The molecule has 0 unspecified atom stereocenters. The second kappa shape index (κ2) is 13.5. The molecule has 0 saturated heterocycles. The summed E-state index contributed by atoms with van der Waals surface area (Å²) in [6.45, 7) is 0. The predicted octanol–water partition coefficient (Wildman–Crippen LogP) is -8.95. The molecule has 0 aliphatic rings. The van der Waals surface area contributed by atoms with Crippen LogP contribution in [0.5, 0.6) is 0 Å². The molecule has 0 aromatic heterocycles. The van der Waals surface area contributed by atoms with E-state index in [2.05, 4.69) is 0 Å². The van der Waals surface area contributed by atoms with Gasteiger partial charge in [0.25, 0.3) is 15.6 Å². The minimum absolute atomic E-state index is 0. The molecule has 0 aliphatic carbocycles. The third kappa shape index (κ3) is 235. The van der Waals surface area contributed by atoms with Gasteiger partial charge in [-0.15, -0.1) is 0 Å². The first-order valence-electron chi connectivity index (χ1n) is 1.53. The van der Waals surface area contributed by atoms with Gasteiger partial charge in [-0.25, -0.2) is 0 Å². The van der Waals surface area contributed by atoms with Crippen molar-refractivity contribution in [3.8, 4) is 0 Å². The van der Waals surface area contributed by atoms with Gasteiger partial charge in [0.05, 0.1) is 0 Å². The largest absolute Gasteiger partial charge is 1.00 e. The van der Waals surface area contributed by atoms with Crippen LogP contribution in [0.3, 0.4) is 0 Å². The van der Waals surface area contributed by atoms with E-state index in [9.17, 15) is 0 Å². The number of rotatable bonds is 0. The first-order valence-corrected chi connectivity index (χ1v) is 4.59. The average molecular weight is 289 g/mol. The van der Waals surface area contributed by atoms with Crippen LogP contribution in [0.25, 0.3) is 0 Å². The van der Waals surface area contributed by atoms with Crippen molar-refractivity contribution in [3.63, 3.8) is 0 Å². The monoisotopic (exact) mass is 289 g/mol. The fourth-order valence-electron chi connectivity index (χ4n) is 0. The molecule has 7 N–H and O–H groups in total. The minimum Gasteiger partial charge on any atom is -0.756 e. The smallest absolute Gasteiger partial charge is 0.756 e. The number of hydrogen-bond acceptors (Lipinski definition) is 5. The van der Waals surface area contributed by atoms with Gasteiger partial charge in [-0.2, -0.15) is 0 Å². The molecular weight excluding hydrogens is 282 g/mol. The van der Waals surface area contributed by atoms with Crippen molar-refractivity contribution in [2.45, 2.75) is 0 Å². The van der Waals surface area contributed by atoms with Crippen LogP contribution in [0.4, 0.5) is 0 Å². The fraction of sp³-hybridized carbons (Fsp3) is 0. The number of hydrogen-bond donors (Lipinski definition) is 5. The molecule has 0 radical (unpaired) electrons. The van der Waals surface area contributed by atoms with Gasteiger partial charge in [-0.3, -0.25) is 9.13 Å². The van der Waals surface area contributed by atoms with E-state index in [0.717, 1.165) is 0 Å². The van der Waals surface area contributed by atoms with Crippen molar-refractivity contribution in [2.75, 3.05) is 0 Å². The summed E-state index contributed by atoms with van der Waals surface area (Å²) in [4.78, 5) is 45.8. The molecule has 9 nitrogen and oxygen atoms in total. The molecule has 0 saturated carbocycles. The van der Waals surface area contributed by atoms with E-state index in [1.54, 1.807) is 0 Å². The van der Waals surface area contributed by atoms with Crippen LogP contribution < -0.4 is 119 Å². The van der Waals surface area contributed by atoms with E-state index in [1.165, 1.54) is 0 Å². The maximum absolute atomic E-state index is 8.77. The van der Waals surface area contributed by atoms with E-state index in [4.69, 9.17) is 38.5 Å². The first-order chi connectivity index (χ1) is 4.00. The molecule has 0 spiro atoms. The Hall–Kier alpha value is 3.45. The van der Waals surface area contributed by atoms with Crippen molar-refractivity contribution in [1.82, 2.24) is 6.15 Å². The Kier molecular flexibility index (Phi) is 31.1. The van der Waals surface area contributed by atoms with Crippen molar-refractivity contribution in [2.24, 2.45) is 0 Å². The van der Waals surface area contributed by atoms with Gasteiger partial charge < -0.3 is 35.5 Å². The summed E-state index contributed by atoms with van der Waals surface area (Å²) >= 11 is 0. The maximum atomic E-state index is 8.77. The molecule has 0 aliphatic heterocycles. The Morgan fingerprint density at radius 1 is 0.769 bits per heavy atom. The van der Waals surface area contributed by atoms with Gasteiger partial charge in [0, 0.05) is 0 Å². The SMILES string of the molecule is N.O=P([O-])(O)O.O=P([O-])(O)O.[K+].[K+]. The van der Waals surface area contributed by atoms with Gasteiger partial charge >= 0.3 is 103 Å². The van der Waals surface area contributed by atoms with Crippen LogP contribution in [0.15, 0.2) is 0 Å². The van der Waals surface area contributed by atoms with Crippen molar-refractivity contribution >= 4 is 15.6 Å². The Morgan fingerprint density at radius 3 is 0.769 bits per heavy atom. The summed E-state index contributed by atoms with van der Waals surface area (Å²) in [5.74, 6) is 0. The van der Waals surface area contributed by atoms with E-state index in [-0.39, 0.29) is 109 Å². The average Bonchev–Trinajstić information content (AvgIpc) is 1.12. The summed E-state index contributed by atoms with van der Waals surface area (Å²) in [5, 5.41) is 0. The first kappa shape index (κ1) is 30.0. The predicted molar refractivity (Wildman–Crippen MR) is 29.1 cm³/mol. The topological polar surface area (TPSA) is 196 Å². The van der Waals surface area contributed by atoms with Crippen LogP contribution in [0.2, 0.25) is 0 Å². The summed E-state index contributed by atoms with van der Waals surface area (Å²) in [7, 11) is -9.78. The zero-order valence-electron chi connectivity index (χ0n) is 7.02. The molecule has 13 heteroatoms. The van der Waals surface area contributed by atoms with Crippen LogP contribution in [0, 0.1) is 0 Å². The molecule has 0 heterocycles. The molecule has 13 heavy (non-hydrogen) atoms. The van der Waals surface area contributed by atoms with E-state index in [0.29, 0.717) is 0 Å². The van der Waals surface area contributed by atoms with Crippen molar-refractivity contribution < 1.29 is 141 Å². The normalized spacial score (nSPS) is 9.08. The molecule has 0 aromatic carbocycles. The van der Waals surface area contributed by atoms with Crippen molar-refractivity contribution in [3.05, 3.63) is 0 Å². The van der Waals surface area contributed by atoms with E-state index >= 15 is 0 Å². The Bertz CT molecular complexity index is 132. The summed E-state index contributed by atoms with van der Waals surface area (Å²) in [6, 6.07) is 0. The molecule has 0 amide bonds. The van der Waals surface area contributed by atoms with Gasteiger partial charge in [0.15, 0.2) is 0 Å². The van der Waals surface area contributed by atoms with E-state index < -0.39 is 15.6 Å². The van der Waals surface area contributed by atoms with E-state index in [1.807, 2.05) is 0 Å². The van der Waals surface area contributed by atoms with Gasteiger partial charge in [0.1, 0.15) is 0 Å². The third-order valence-corrected chi connectivity index (χ3v) is 0. The fourth-order valence-corrected chi connectivity index (χ4v) is 0. The van der Waals surface area contributed by atoms with Gasteiger partial charge in [-0.1, -0.05) is 0 Å². The molecule has 0 bridgehead atoms. The van der Waals surface area contributed by atoms with Gasteiger partial charge in [0.2, 0.25) is 0 Å². The Labute approximate surface area is 159 Å². The second-order valence-electron chi connectivity index (χ2n) is 0.981. The molecule has 0 atom stereocenters. The second-order valence-corrected chi connectivity index (χ2v) is 2.94. The van der Waals surface area contributed by atoms with Crippen LogP contribution >= 0.6 is 15.6 Å². The molecule has 72 valence electrons. The quantitative estimate of drug-likeness (QED) is 0.212. The standard InChI is InChI=1S/2K.H3N.2H3O4P/c;;;2*1-5(2,3)4/h;;1H3;2*(H3,1,2,3,4)/q2*+1;;;/p-2. The van der Waals surface area contributed by atoms with Crippen LogP contribution in [0.1, 0.15) is 0 Å². The van der Waals surface area contributed by atoms with Crippen LogP contribution in [-0.4, -0.2) is 19.6 Å². The summed E-state index contributed by atoms with van der Waals surface area (Å²) in [6.07, 6.45) is 0.